The molecule has 0 spiro atoms. The first-order valence-electron chi connectivity index (χ1n) is 12.3. The van der Waals surface area contributed by atoms with Crippen LogP contribution in [0.3, 0.4) is 0 Å². The highest BCUT2D eigenvalue weighted by molar-refractivity contribution is 5.78. The monoisotopic (exact) mass is 396 g/mol. The SMILES string of the molecule is CCCCCCCC(=O)CCCCCCCCCCCCCCCC(=O)OC. The molecule has 166 valence electrons. The topological polar surface area (TPSA) is 43.4 Å². The van der Waals surface area contributed by atoms with Crippen molar-refractivity contribution in [3.05, 3.63) is 0 Å². The second kappa shape index (κ2) is 22.4. The third-order valence-corrected chi connectivity index (χ3v) is 5.62. The first kappa shape index (κ1) is 27.1. The lowest BCUT2D eigenvalue weighted by Crippen LogP contribution is -1.99. The largest absolute Gasteiger partial charge is 0.469 e. The molecule has 0 aromatic rings. The van der Waals surface area contributed by atoms with Gasteiger partial charge in [0.2, 0.25) is 0 Å². The molecular formula is C25H48O3. The lowest BCUT2D eigenvalue weighted by molar-refractivity contribution is -0.140. The minimum Gasteiger partial charge on any atom is -0.469 e. The molecule has 3 nitrogen and oxygen atoms in total. The Labute approximate surface area is 175 Å². The van der Waals surface area contributed by atoms with Gasteiger partial charge >= 0.3 is 5.97 Å². The number of carbonyl (C=O) groups excluding carboxylic acids is 2. The number of unbranched alkanes of at least 4 members (excludes halogenated alkanes) is 16. The van der Waals surface area contributed by atoms with Crippen molar-refractivity contribution < 1.29 is 14.3 Å². The van der Waals surface area contributed by atoms with Gasteiger partial charge in [-0.1, -0.05) is 103 Å². The Hall–Kier alpha value is -0.860. The van der Waals surface area contributed by atoms with Crippen LogP contribution in [-0.4, -0.2) is 18.9 Å². The zero-order valence-corrected chi connectivity index (χ0v) is 19.1. The van der Waals surface area contributed by atoms with Gasteiger partial charge in [0.25, 0.3) is 0 Å². The molecule has 0 bridgehead atoms. The molecule has 0 saturated carbocycles. The number of rotatable bonds is 22. The lowest BCUT2D eigenvalue weighted by atomic mass is 10.0. The highest BCUT2D eigenvalue weighted by Gasteiger charge is 2.02. The predicted molar refractivity (Wildman–Crippen MR) is 120 cm³/mol. The van der Waals surface area contributed by atoms with Gasteiger partial charge < -0.3 is 4.74 Å². The Morgan fingerprint density at radius 2 is 0.821 bits per heavy atom. The van der Waals surface area contributed by atoms with E-state index in [0.29, 0.717) is 12.2 Å². The van der Waals surface area contributed by atoms with E-state index < -0.39 is 0 Å². The van der Waals surface area contributed by atoms with E-state index >= 15 is 0 Å². The summed E-state index contributed by atoms with van der Waals surface area (Å²) in [5.41, 5.74) is 0. The van der Waals surface area contributed by atoms with Crippen LogP contribution in [0, 0.1) is 0 Å². The quantitative estimate of drug-likeness (QED) is 0.138. The van der Waals surface area contributed by atoms with E-state index in [9.17, 15) is 9.59 Å². The highest BCUT2D eigenvalue weighted by Crippen LogP contribution is 2.14. The van der Waals surface area contributed by atoms with Gasteiger partial charge in [-0.2, -0.15) is 0 Å². The van der Waals surface area contributed by atoms with Crippen LogP contribution >= 0.6 is 0 Å². The zero-order valence-electron chi connectivity index (χ0n) is 19.1. The maximum Gasteiger partial charge on any atom is 0.305 e. The van der Waals surface area contributed by atoms with Crippen LogP contribution < -0.4 is 0 Å². The molecule has 0 aliphatic heterocycles. The second-order valence-corrected chi connectivity index (χ2v) is 8.38. The smallest absolute Gasteiger partial charge is 0.305 e. The van der Waals surface area contributed by atoms with Gasteiger partial charge in [-0.15, -0.1) is 0 Å². The Bertz CT molecular complexity index is 352. The summed E-state index contributed by atoms with van der Waals surface area (Å²) in [4.78, 5) is 22.8. The van der Waals surface area contributed by atoms with Crippen LogP contribution in [0.5, 0.6) is 0 Å². The Morgan fingerprint density at radius 3 is 1.18 bits per heavy atom. The molecule has 0 aliphatic carbocycles. The number of hydrogen-bond donors (Lipinski definition) is 0. The molecule has 0 aromatic heterocycles. The van der Waals surface area contributed by atoms with Crippen molar-refractivity contribution in [1.29, 1.82) is 0 Å². The molecule has 0 aromatic carbocycles. The van der Waals surface area contributed by atoms with E-state index in [1.54, 1.807) is 0 Å². The molecule has 0 aliphatic rings. The first-order valence-corrected chi connectivity index (χ1v) is 12.3. The third kappa shape index (κ3) is 21.4. The van der Waals surface area contributed by atoms with Crippen LogP contribution in [0.25, 0.3) is 0 Å². The Morgan fingerprint density at radius 1 is 0.500 bits per heavy atom. The van der Waals surface area contributed by atoms with Gasteiger partial charge in [0.1, 0.15) is 5.78 Å². The lowest BCUT2D eigenvalue weighted by Gasteiger charge is -2.04. The van der Waals surface area contributed by atoms with Crippen LogP contribution in [-0.2, 0) is 14.3 Å². The summed E-state index contributed by atoms with van der Waals surface area (Å²) < 4.78 is 4.64. The van der Waals surface area contributed by atoms with Crippen molar-refractivity contribution in [3.8, 4) is 0 Å². The molecule has 0 N–H and O–H groups in total. The van der Waals surface area contributed by atoms with E-state index in [2.05, 4.69) is 11.7 Å². The fraction of sp³-hybridized carbons (Fsp3) is 0.920. The summed E-state index contributed by atoms with van der Waals surface area (Å²) in [7, 11) is 1.46. The molecule has 0 fully saturated rings. The predicted octanol–water partition coefficient (Wildman–Crippen LogP) is 7.94. The fourth-order valence-electron chi connectivity index (χ4n) is 3.69. The van der Waals surface area contributed by atoms with Crippen molar-refractivity contribution in [3.63, 3.8) is 0 Å². The summed E-state index contributed by atoms with van der Waals surface area (Å²) in [6.45, 7) is 2.23. The van der Waals surface area contributed by atoms with Gasteiger partial charge in [-0.3, -0.25) is 9.59 Å². The molecule has 0 saturated heterocycles. The van der Waals surface area contributed by atoms with Crippen LogP contribution in [0.4, 0.5) is 0 Å². The minimum absolute atomic E-state index is 0.0793. The van der Waals surface area contributed by atoms with Gasteiger partial charge in [0, 0.05) is 19.3 Å². The van der Waals surface area contributed by atoms with Gasteiger partial charge in [0.15, 0.2) is 0 Å². The number of Topliss-reactive ketones (excluding diaryl/α,β-unsaturated/α-hetero) is 1. The van der Waals surface area contributed by atoms with Gasteiger partial charge in [0.05, 0.1) is 7.11 Å². The molecule has 0 atom stereocenters. The molecule has 0 unspecified atom stereocenters. The average molecular weight is 397 g/mol. The van der Waals surface area contributed by atoms with E-state index in [-0.39, 0.29) is 5.97 Å². The van der Waals surface area contributed by atoms with Gasteiger partial charge in [-0.25, -0.2) is 0 Å². The number of hydrogen-bond acceptors (Lipinski definition) is 3. The van der Waals surface area contributed by atoms with E-state index in [1.165, 1.54) is 97.0 Å². The highest BCUT2D eigenvalue weighted by atomic mass is 16.5. The number of ether oxygens (including phenoxy) is 1. The zero-order chi connectivity index (χ0) is 20.7. The number of methoxy groups -OCH3 is 1. The molecule has 0 heterocycles. The Kier molecular flexibility index (Phi) is 21.7. The van der Waals surface area contributed by atoms with E-state index in [1.807, 2.05) is 0 Å². The van der Waals surface area contributed by atoms with E-state index in [0.717, 1.165) is 38.5 Å². The normalized spacial score (nSPS) is 10.9. The van der Waals surface area contributed by atoms with Crippen LogP contribution in [0.15, 0.2) is 0 Å². The minimum atomic E-state index is -0.0793. The van der Waals surface area contributed by atoms with Crippen molar-refractivity contribution in [2.75, 3.05) is 7.11 Å². The van der Waals surface area contributed by atoms with E-state index in [4.69, 9.17) is 0 Å². The summed E-state index contributed by atoms with van der Waals surface area (Å²) in [6.07, 6.45) is 24.8. The summed E-state index contributed by atoms with van der Waals surface area (Å²) in [5, 5.41) is 0. The molecule has 0 amide bonds. The number of esters is 1. The molecule has 0 radical (unpaired) electrons. The molecule has 28 heavy (non-hydrogen) atoms. The average Bonchev–Trinajstić information content (AvgIpc) is 2.70. The molecule has 3 heteroatoms. The molecular weight excluding hydrogens is 348 g/mol. The molecule has 0 rings (SSSR count). The summed E-state index contributed by atoms with van der Waals surface area (Å²) in [5.74, 6) is 0.409. The first-order chi connectivity index (χ1) is 13.7. The van der Waals surface area contributed by atoms with Crippen molar-refractivity contribution in [2.24, 2.45) is 0 Å². The summed E-state index contributed by atoms with van der Waals surface area (Å²) >= 11 is 0. The second-order valence-electron chi connectivity index (χ2n) is 8.38. The number of ketones is 1. The fourth-order valence-corrected chi connectivity index (χ4v) is 3.69. The standard InChI is InChI=1S/C25H48O3/c1-3-4-5-15-18-21-24(26)22-19-16-13-11-9-7-6-8-10-12-14-17-20-23-25(27)28-2/h3-23H2,1-2H3. The maximum atomic E-state index is 11.8. The third-order valence-electron chi connectivity index (χ3n) is 5.62. The summed E-state index contributed by atoms with van der Waals surface area (Å²) in [6, 6.07) is 0. The Balaban J connectivity index is 3.13. The van der Waals surface area contributed by atoms with Crippen LogP contribution in [0.1, 0.15) is 142 Å². The van der Waals surface area contributed by atoms with Crippen molar-refractivity contribution in [1.82, 2.24) is 0 Å². The van der Waals surface area contributed by atoms with Crippen molar-refractivity contribution >= 4 is 11.8 Å². The number of carbonyl (C=O) groups is 2. The van der Waals surface area contributed by atoms with Crippen LogP contribution in [0.2, 0.25) is 0 Å². The van der Waals surface area contributed by atoms with Crippen molar-refractivity contribution in [2.45, 2.75) is 142 Å². The van der Waals surface area contributed by atoms with Gasteiger partial charge in [-0.05, 0) is 19.3 Å². The maximum absolute atomic E-state index is 11.8.